The number of H-pyrrole nitrogens is 1. The van der Waals surface area contributed by atoms with Gasteiger partial charge in [-0.3, -0.25) is 0 Å². The van der Waals surface area contributed by atoms with E-state index in [9.17, 15) is 0 Å². The molecule has 0 unspecified atom stereocenters. The molecule has 0 saturated heterocycles. The highest BCUT2D eigenvalue weighted by Gasteiger charge is 2.03. The monoisotopic (exact) mass is 200 g/mol. The second-order valence-corrected chi connectivity index (χ2v) is 3.89. The van der Waals surface area contributed by atoms with E-state index >= 15 is 0 Å². The van der Waals surface area contributed by atoms with Crippen LogP contribution in [0.5, 0.6) is 0 Å². The second-order valence-electron chi connectivity index (χ2n) is 3.11. The van der Waals surface area contributed by atoms with Crippen molar-refractivity contribution in [2.75, 3.05) is 0 Å². The fraction of sp³-hybridized carbons (Fsp3) is 0. The fourth-order valence-electron chi connectivity index (χ4n) is 1.49. The second kappa shape index (κ2) is 2.96. The van der Waals surface area contributed by atoms with Gasteiger partial charge in [-0.15, -0.1) is 0 Å². The van der Waals surface area contributed by atoms with E-state index in [0.717, 1.165) is 22.4 Å². The van der Waals surface area contributed by atoms with Crippen LogP contribution in [0.4, 0.5) is 0 Å². The molecule has 2 aromatic heterocycles. The van der Waals surface area contributed by atoms with Gasteiger partial charge in [0.1, 0.15) is 5.82 Å². The highest BCUT2D eigenvalue weighted by Crippen LogP contribution is 2.21. The zero-order chi connectivity index (χ0) is 9.38. The largest absolute Gasteiger partial charge is 0.338 e. The molecule has 0 radical (unpaired) electrons. The summed E-state index contributed by atoms with van der Waals surface area (Å²) < 4.78 is 0. The number of hydrogen-bond donors (Lipinski definition) is 1. The molecule has 0 saturated carbocycles. The van der Waals surface area contributed by atoms with Crippen LogP contribution in [0, 0.1) is 0 Å². The Morgan fingerprint density at radius 2 is 2.07 bits per heavy atom. The van der Waals surface area contributed by atoms with Crippen molar-refractivity contribution in [2.45, 2.75) is 0 Å². The minimum absolute atomic E-state index is 0.951. The number of fused-ring (bicyclic) bond motifs is 1. The summed E-state index contributed by atoms with van der Waals surface area (Å²) in [6, 6.07) is 10.1. The average molecular weight is 200 g/mol. The molecule has 3 rings (SSSR count). The van der Waals surface area contributed by atoms with Crippen LogP contribution < -0.4 is 0 Å². The fourth-order valence-corrected chi connectivity index (χ4v) is 2.13. The Morgan fingerprint density at radius 1 is 1.14 bits per heavy atom. The summed E-state index contributed by atoms with van der Waals surface area (Å²) in [7, 11) is 0. The number of imidazole rings is 1. The molecule has 0 amide bonds. The Hall–Kier alpha value is -1.61. The van der Waals surface area contributed by atoms with Crippen LogP contribution in [0.15, 0.2) is 41.1 Å². The maximum absolute atomic E-state index is 4.51. The van der Waals surface area contributed by atoms with Crippen LogP contribution in [0.3, 0.4) is 0 Å². The van der Waals surface area contributed by atoms with E-state index in [0.29, 0.717) is 0 Å². The lowest BCUT2D eigenvalue weighted by Crippen LogP contribution is -1.73. The molecule has 0 atom stereocenters. The summed E-state index contributed by atoms with van der Waals surface area (Å²) >= 11 is 1.68. The first-order valence-electron chi connectivity index (χ1n) is 4.41. The van der Waals surface area contributed by atoms with Gasteiger partial charge in [-0.2, -0.15) is 11.3 Å². The molecule has 0 aliphatic heterocycles. The smallest absolute Gasteiger partial charge is 0.139 e. The first kappa shape index (κ1) is 7.76. The number of para-hydroxylation sites is 2. The Kier molecular flexibility index (Phi) is 1.64. The number of rotatable bonds is 1. The number of aromatic amines is 1. The molecule has 0 spiro atoms. The van der Waals surface area contributed by atoms with E-state index in [-0.39, 0.29) is 0 Å². The Labute approximate surface area is 85.2 Å². The lowest BCUT2D eigenvalue weighted by molar-refractivity contribution is 1.35. The lowest BCUT2D eigenvalue weighted by Gasteiger charge is -1.86. The minimum Gasteiger partial charge on any atom is -0.338 e. The Morgan fingerprint density at radius 3 is 2.86 bits per heavy atom. The van der Waals surface area contributed by atoms with Crippen molar-refractivity contribution in [1.82, 2.24) is 9.97 Å². The molecule has 1 N–H and O–H groups in total. The number of nitrogens with zero attached hydrogens (tertiary/aromatic N) is 1. The summed E-state index contributed by atoms with van der Waals surface area (Å²) in [5.74, 6) is 0.951. The summed E-state index contributed by atoms with van der Waals surface area (Å²) in [5, 5.41) is 4.15. The van der Waals surface area contributed by atoms with Gasteiger partial charge in [0.25, 0.3) is 0 Å². The first-order chi connectivity index (χ1) is 6.93. The third kappa shape index (κ3) is 1.14. The SMILES string of the molecule is c1ccc2[nH]c(-c3ccsc3)nc2c1. The van der Waals surface area contributed by atoms with E-state index in [1.165, 1.54) is 0 Å². The molecule has 3 aromatic rings. The van der Waals surface area contributed by atoms with E-state index in [4.69, 9.17) is 0 Å². The van der Waals surface area contributed by atoms with Crippen molar-refractivity contribution in [3.63, 3.8) is 0 Å². The van der Waals surface area contributed by atoms with Crippen LogP contribution in [0.2, 0.25) is 0 Å². The summed E-state index contributed by atoms with van der Waals surface area (Å²) in [6.45, 7) is 0. The molecule has 0 fully saturated rings. The molecule has 3 heteroatoms. The van der Waals surface area contributed by atoms with Crippen molar-refractivity contribution in [2.24, 2.45) is 0 Å². The van der Waals surface area contributed by atoms with Crippen LogP contribution in [-0.4, -0.2) is 9.97 Å². The van der Waals surface area contributed by atoms with Gasteiger partial charge in [-0.05, 0) is 23.6 Å². The van der Waals surface area contributed by atoms with Crippen LogP contribution in [0.25, 0.3) is 22.4 Å². The number of hydrogen-bond acceptors (Lipinski definition) is 2. The maximum atomic E-state index is 4.51. The zero-order valence-electron chi connectivity index (χ0n) is 7.40. The van der Waals surface area contributed by atoms with Crippen LogP contribution >= 0.6 is 11.3 Å². The molecule has 2 heterocycles. The highest BCUT2D eigenvalue weighted by atomic mass is 32.1. The van der Waals surface area contributed by atoms with Gasteiger partial charge in [-0.25, -0.2) is 4.98 Å². The molecule has 2 nitrogen and oxygen atoms in total. The standard InChI is InChI=1S/C11H8N2S/c1-2-4-10-9(3-1)12-11(13-10)8-5-6-14-7-8/h1-7H,(H,12,13). The third-order valence-corrected chi connectivity index (χ3v) is 2.87. The molecule has 1 aromatic carbocycles. The van der Waals surface area contributed by atoms with Crippen LogP contribution in [0.1, 0.15) is 0 Å². The Bertz CT molecular complexity index is 518. The number of benzene rings is 1. The normalized spacial score (nSPS) is 10.9. The quantitative estimate of drug-likeness (QED) is 0.641. The molecule has 14 heavy (non-hydrogen) atoms. The number of nitrogens with one attached hydrogen (secondary N) is 1. The maximum Gasteiger partial charge on any atom is 0.139 e. The molecule has 0 aliphatic carbocycles. The highest BCUT2D eigenvalue weighted by molar-refractivity contribution is 7.08. The van der Waals surface area contributed by atoms with Gasteiger partial charge in [0.2, 0.25) is 0 Å². The van der Waals surface area contributed by atoms with E-state index in [1.54, 1.807) is 11.3 Å². The number of aromatic nitrogens is 2. The molecule has 68 valence electrons. The zero-order valence-corrected chi connectivity index (χ0v) is 8.21. The van der Waals surface area contributed by atoms with E-state index in [2.05, 4.69) is 26.8 Å². The first-order valence-corrected chi connectivity index (χ1v) is 5.35. The van der Waals surface area contributed by atoms with Crippen molar-refractivity contribution in [3.8, 4) is 11.4 Å². The third-order valence-electron chi connectivity index (χ3n) is 2.18. The van der Waals surface area contributed by atoms with Gasteiger partial charge in [0.05, 0.1) is 11.0 Å². The Balaban J connectivity index is 2.24. The van der Waals surface area contributed by atoms with Gasteiger partial charge >= 0.3 is 0 Å². The lowest BCUT2D eigenvalue weighted by atomic mass is 10.3. The molecular formula is C11H8N2S. The van der Waals surface area contributed by atoms with Crippen molar-refractivity contribution < 1.29 is 0 Å². The van der Waals surface area contributed by atoms with Crippen molar-refractivity contribution in [3.05, 3.63) is 41.1 Å². The van der Waals surface area contributed by atoms with Gasteiger partial charge in [0, 0.05) is 10.9 Å². The predicted octanol–water partition coefficient (Wildman–Crippen LogP) is 3.29. The van der Waals surface area contributed by atoms with Gasteiger partial charge in [-0.1, -0.05) is 12.1 Å². The topological polar surface area (TPSA) is 28.7 Å². The predicted molar refractivity (Wildman–Crippen MR) is 59.4 cm³/mol. The van der Waals surface area contributed by atoms with E-state index in [1.807, 2.05) is 24.3 Å². The van der Waals surface area contributed by atoms with Crippen LogP contribution in [-0.2, 0) is 0 Å². The summed E-state index contributed by atoms with van der Waals surface area (Å²) in [5.41, 5.74) is 3.27. The minimum atomic E-state index is 0.951. The van der Waals surface area contributed by atoms with Gasteiger partial charge < -0.3 is 4.98 Å². The molecule has 0 aliphatic rings. The van der Waals surface area contributed by atoms with Crippen molar-refractivity contribution >= 4 is 22.4 Å². The molecular weight excluding hydrogens is 192 g/mol. The summed E-state index contributed by atoms with van der Waals surface area (Å²) in [6.07, 6.45) is 0. The molecule has 0 bridgehead atoms. The van der Waals surface area contributed by atoms with Gasteiger partial charge in [0.15, 0.2) is 0 Å². The summed E-state index contributed by atoms with van der Waals surface area (Å²) in [4.78, 5) is 7.80. The number of thiophene rings is 1. The van der Waals surface area contributed by atoms with E-state index < -0.39 is 0 Å². The average Bonchev–Trinajstić information content (AvgIpc) is 2.86. The van der Waals surface area contributed by atoms with Crippen molar-refractivity contribution in [1.29, 1.82) is 0 Å².